The maximum atomic E-state index is 13.7. The normalized spacial score (nSPS) is 28.8. The van der Waals surface area contributed by atoms with Gasteiger partial charge in [-0.05, 0) is 120 Å². The second-order valence-corrected chi connectivity index (χ2v) is 23.9. The summed E-state index contributed by atoms with van der Waals surface area (Å²) in [4.78, 5) is 75.4. The Morgan fingerprint density at radius 1 is 0.641 bits per heavy atom. The molecule has 2 aliphatic carbocycles. The molecule has 3 N–H and O–H groups in total. The van der Waals surface area contributed by atoms with E-state index in [4.69, 9.17) is 29.4 Å². The van der Waals surface area contributed by atoms with Crippen LogP contribution in [0.5, 0.6) is 0 Å². The summed E-state index contributed by atoms with van der Waals surface area (Å²) in [6.45, 7) is 32.7. The Kier molecular flexibility index (Phi) is 20.6. The van der Waals surface area contributed by atoms with Gasteiger partial charge in [-0.25, -0.2) is 0 Å². The van der Waals surface area contributed by atoms with E-state index < -0.39 is 64.6 Å². The van der Waals surface area contributed by atoms with E-state index in [1.54, 1.807) is 41.5 Å². The van der Waals surface area contributed by atoms with Gasteiger partial charge in [0.2, 0.25) is 12.3 Å². The minimum Gasteiger partial charge on any atom is -0.457 e. The van der Waals surface area contributed by atoms with E-state index >= 15 is 0 Å². The number of hydrogen-bond acceptors (Lipinski definition) is 12. The zero-order valence-electron chi connectivity index (χ0n) is 42.9. The van der Waals surface area contributed by atoms with Gasteiger partial charge >= 0.3 is 17.9 Å². The van der Waals surface area contributed by atoms with Gasteiger partial charge in [0.05, 0.1) is 29.5 Å². The van der Waals surface area contributed by atoms with Crippen LogP contribution in [0.25, 0.3) is 0 Å². The molecule has 2 saturated carbocycles. The van der Waals surface area contributed by atoms with Gasteiger partial charge in [-0.1, -0.05) is 73.1 Å². The topological polar surface area (TPSA) is 190 Å². The Hall–Kier alpha value is -3.10. The van der Waals surface area contributed by atoms with Gasteiger partial charge in [-0.15, -0.1) is 0 Å². The largest absolute Gasteiger partial charge is 0.457 e. The summed E-state index contributed by atoms with van der Waals surface area (Å²) in [5, 5.41) is 3.09. The molecular formula is C50H89N3O11. The van der Waals surface area contributed by atoms with E-state index in [1.165, 1.54) is 24.2 Å². The molecule has 0 bridgehead atoms. The highest BCUT2D eigenvalue weighted by Crippen LogP contribution is 2.43. The van der Waals surface area contributed by atoms with Crippen LogP contribution in [0, 0.1) is 44.8 Å². The third-order valence-corrected chi connectivity index (χ3v) is 12.9. The van der Waals surface area contributed by atoms with Crippen molar-refractivity contribution in [3.05, 3.63) is 0 Å². The molecule has 2 aliphatic heterocycles. The van der Waals surface area contributed by atoms with Gasteiger partial charge in [-0.3, -0.25) is 24.0 Å². The average Bonchev–Trinajstić information content (AvgIpc) is 3.17. The molecule has 4 rings (SSSR count). The Morgan fingerprint density at radius 2 is 1.06 bits per heavy atom. The van der Waals surface area contributed by atoms with E-state index in [0.717, 1.165) is 57.6 Å². The molecule has 2 amide bonds. The number of carbonyl (C=O) groups is 6. The van der Waals surface area contributed by atoms with Crippen LogP contribution in [0.1, 0.15) is 182 Å². The quantitative estimate of drug-likeness (QED) is 0.128. The minimum absolute atomic E-state index is 0.0250. The zero-order valence-corrected chi connectivity index (χ0v) is 42.9. The summed E-state index contributed by atoms with van der Waals surface area (Å²) in [5.41, 5.74) is 3.14. The van der Waals surface area contributed by atoms with Gasteiger partial charge in [0, 0.05) is 22.8 Å². The molecule has 0 spiro atoms. The van der Waals surface area contributed by atoms with Crippen molar-refractivity contribution in [3.8, 4) is 0 Å². The van der Waals surface area contributed by atoms with Crippen molar-refractivity contribution in [1.82, 2.24) is 10.2 Å². The summed E-state index contributed by atoms with van der Waals surface area (Å²) in [5.74, 6) is -1.26. The lowest BCUT2D eigenvalue weighted by Gasteiger charge is -2.50. The van der Waals surface area contributed by atoms with Gasteiger partial charge in [0.1, 0.15) is 30.8 Å². The lowest BCUT2D eigenvalue weighted by Crippen LogP contribution is -2.65. The maximum Gasteiger partial charge on any atom is 0.311 e. The second-order valence-electron chi connectivity index (χ2n) is 23.9. The highest BCUT2D eigenvalue weighted by molar-refractivity contribution is 5.85. The molecule has 9 atom stereocenters. The SMILES string of the molecule is CC1(C=O)CCCCC1.C[C@@H]1CO[C@H](N)[C@@H](OC(=O)C(C)(C)C)[C@@H]1OC(=O)C(C)(C)C.C[C@@H]1[C@H](C)COC(N(C=O)[C@H](C(=O)NC(C)(C)C)C2(C)CCCCC2)[C@H]1OC(=O)C(C)(C)C. The van der Waals surface area contributed by atoms with Crippen molar-refractivity contribution in [3.63, 3.8) is 0 Å². The molecule has 1 unspecified atom stereocenters. The van der Waals surface area contributed by atoms with Gasteiger partial charge in [-0.2, -0.15) is 0 Å². The number of rotatable bonds is 9. The first-order valence-electron chi connectivity index (χ1n) is 23.8. The van der Waals surface area contributed by atoms with Crippen molar-refractivity contribution in [2.24, 2.45) is 50.6 Å². The molecule has 14 heteroatoms. The van der Waals surface area contributed by atoms with E-state index in [2.05, 4.69) is 26.1 Å². The summed E-state index contributed by atoms with van der Waals surface area (Å²) >= 11 is 0. The predicted molar refractivity (Wildman–Crippen MR) is 247 cm³/mol. The van der Waals surface area contributed by atoms with Crippen LogP contribution in [0.4, 0.5) is 0 Å². The number of nitrogens with one attached hydrogen (secondary N) is 1. The van der Waals surface area contributed by atoms with Crippen LogP contribution in [-0.4, -0.2) is 97.0 Å². The fourth-order valence-corrected chi connectivity index (χ4v) is 8.31. The van der Waals surface area contributed by atoms with Crippen LogP contribution < -0.4 is 11.1 Å². The number of ether oxygens (including phenoxy) is 5. The first-order valence-corrected chi connectivity index (χ1v) is 23.8. The molecule has 0 aromatic rings. The van der Waals surface area contributed by atoms with Crippen molar-refractivity contribution in [2.45, 2.75) is 224 Å². The Balaban J connectivity index is 0.000000387. The first kappa shape index (κ1) is 57.0. The van der Waals surface area contributed by atoms with Crippen LogP contribution in [0.2, 0.25) is 0 Å². The smallest absolute Gasteiger partial charge is 0.311 e. The van der Waals surface area contributed by atoms with Crippen molar-refractivity contribution >= 4 is 36.5 Å². The van der Waals surface area contributed by atoms with Crippen LogP contribution >= 0.6 is 0 Å². The van der Waals surface area contributed by atoms with Crippen LogP contribution in [0.15, 0.2) is 0 Å². The molecule has 0 aromatic carbocycles. The summed E-state index contributed by atoms with van der Waals surface area (Å²) < 4.78 is 28.7. The van der Waals surface area contributed by atoms with Gasteiger partial charge in [0.15, 0.2) is 12.3 Å². The predicted octanol–water partition coefficient (Wildman–Crippen LogP) is 8.29. The number of hydrogen-bond donors (Lipinski definition) is 2. The number of nitrogens with zero attached hydrogens (tertiary/aromatic N) is 1. The highest BCUT2D eigenvalue weighted by Gasteiger charge is 2.51. The lowest BCUT2D eigenvalue weighted by molar-refractivity contribution is -0.221. The third kappa shape index (κ3) is 16.7. The van der Waals surface area contributed by atoms with E-state index in [-0.39, 0.29) is 46.4 Å². The Morgan fingerprint density at radius 3 is 1.47 bits per heavy atom. The molecule has 2 heterocycles. The van der Waals surface area contributed by atoms with E-state index in [0.29, 0.717) is 13.2 Å². The van der Waals surface area contributed by atoms with Gasteiger partial charge in [0.25, 0.3) is 0 Å². The molecule has 14 nitrogen and oxygen atoms in total. The maximum absolute atomic E-state index is 13.7. The lowest BCUT2D eigenvalue weighted by atomic mass is 9.69. The Labute approximate surface area is 386 Å². The van der Waals surface area contributed by atoms with Crippen molar-refractivity contribution < 1.29 is 52.5 Å². The number of aldehydes is 1. The number of nitrogens with two attached hydrogens (primary N) is 1. The number of esters is 3. The number of amides is 2. The first-order chi connectivity index (χ1) is 29.2. The zero-order chi connectivity index (χ0) is 49.2. The summed E-state index contributed by atoms with van der Waals surface area (Å²) in [6, 6.07) is -0.712. The molecule has 64 heavy (non-hydrogen) atoms. The Bertz CT molecular complexity index is 1500. The number of carbonyl (C=O) groups excluding carboxylic acids is 6. The molecule has 370 valence electrons. The molecule has 2 saturated heterocycles. The monoisotopic (exact) mass is 908 g/mol. The van der Waals surface area contributed by atoms with E-state index in [9.17, 15) is 28.8 Å². The molecule has 0 radical (unpaired) electrons. The third-order valence-electron chi connectivity index (χ3n) is 12.9. The second kappa shape index (κ2) is 23.1. The molecule has 4 fully saturated rings. The summed E-state index contributed by atoms with van der Waals surface area (Å²) in [6.07, 6.45) is 9.07. The van der Waals surface area contributed by atoms with Crippen molar-refractivity contribution in [2.75, 3.05) is 13.2 Å². The van der Waals surface area contributed by atoms with Crippen LogP contribution in [0.3, 0.4) is 0 Å². The van der Waals surface area contributed by atoms with E-state index in [1.807, 2.05) is 55.4 Å². The van der Waals surface area contributed by atoms with Gasteiger partial charge < -0.3 is 44.4 Å². The van der Waals surface area contributed by atoms with Crippen LogP contribution in [-0.2, 0) is 52.5 Å². The molecule has 0 aromatic heterocycles. The fourth-order valence-electron chi connectivity index (χ4n) is 8.31. The highest BCUT2D eigenvalue weighted by atomic mass is 16.6. The minimum atomic E-state index is -0.811. The average molecular weight is 908 g/mol. The summed E-state index contributed by atoms with van der Waals surface area (Å²) in [7, 11) is 0. The standard InChI is InChI=1S/C26H46N2O5.C16H29NO5.C8H14O/c1-17-15-32-22(19(18(17)2)33-23(31)24(3,4)5)28(16-29)20(21(30)27-25(6,7)8)26(9)13-11-10-12-14-26;1-9-8-20-12(17)11(22-14(19)16(5,6)7)10(9)21-13(18)15(2,3)4;1-8(7-9)5-3-2-4-6-8/h16-20,22H,10-15H2,1-9H3,(H,27,30);9-12H,8,17H2,1-7H3;7H,2-6H2,1H3/t17-,18-,19+,20-,22?;9-,10-,11+,12+;/m11./s1. The fraction of sp³-hybridized carbons (Fsp3) is 0.880. The molecule has 4 aliphatic rings. The molecular weight excluding hydrogens is 819 g/mol. The van der Waals surface area contributed by atoms with Crippen molar-refractivity contribution in [1.29, 1.82) is 0 Å².